The van der Waals surface area contributed by atoms with Crippen LogP contribution in [0.15, 0.2) is 54.2 Å². The van der Waals surface area contributed by atoms with Crippen LogP contribution >= 0.6 is 23.2 Å². The topological polar surface area (TPSA) is 64.9 Å². The van der Waals surface area contributed by atoms with E-state index in [9.17, 15) is 9.18 Å². The first-order valence-corrected chi connectivity index (χ1v) is 7.60. The monoisotopic (exact) mass is 363 g/mol. The quantitative estimate of drug-likeness (QED) is 0.615. The molecule has 0 atom stereocenters. The van der Waals surface area contributed by atoms with Crippen molar-refractivity contribution in [1.82, 2.24) is 5.32 Å². The maximum absolute atomic E-state index is 12.8. The van der Waals surface area contributed by atoms with E-state index in [1.54, 1.807) is 36.4 Å². The molecule has 0 unspecified atom stereocenters. The minimum Gasteiger partial charge on any atom is -0.386 e. The molecule has 0 spiro atoms. The predicted octanol–water partition coefficient (Wildman–Crippen LogP) is 4.27. The molecule has 0 saturated carbocycles. The van der Waals surface area contributed by atoms with E-state index in [1.165, 1.54) is 18.3 Å². The molecule has 24 heavy (non-hydrogen) atoms. The number of rotatable bonds is 5. The summed E-state index contributed by atoms with van der Waals surface area (Å²) < 4.78 is 12.8. The highest BCUT2D eigenvalue weighted by atomic mass is 35.5. The molecule has 0 aliphatic carbocycles. The summed E-state index contributed by atoms with van der Waals surface area (Å²) in [6.07, 6.45) is 1.29. The molecule has 0 aliphatic rings. The number of nitrogens with zero attached hydrogens (tertiary/aromatic N) is 1. The Hall–Kier alpha value is -2.55. The molecule has 0 aromatic heterocycles. The largest absolute Gasteiger partial charge is 0.386 e. The van der Waals surface area contributed by atoms with E-state index in [0.717, 1.165) is 5.56 Å². The van der Waals surface area contributed by atoms with Gasteiger partial charge in [0, 0.05) is 12.7 Å². The molecule has 2 aromatic rings. The van der Waals surface area contributed by atoms with Crippen LogP contribution in [0.1, 0.15) is 5.56 Å². The van der Waals surface area contributed by atoms with Crippen LogP contribution in [0, 0.1) is 17.1 Å². The van der Waals surface area contributed by atoms with Gasteiger partial charge in [0.1, 0.15) is 17.5 Å². The van der Waals surface area contributed by atoms with E-state index in [-0.39, 0.29) is 16.4 Å². The van der Waals surface area contributed by atoms with Gasteiger partial charge in [-0.25, -0.2) is 4.39 Å². The number of nitriles is 1. The molecule has 1 amide bonds. The summed E-state index contributed by atoms with van der Waals surface area (Å²) in [6.45, 7) is 0.344. The molecular formula is C17H12Cl2FN3O. The van der Waals surface area contributed by atoms with Gasteiger partial charge in [-0.2, -0.15) is 5.26 Å². The molecule has 122 valence electrons. The zero-order chi connectivity index (χ0) is 17.5. The van der Waals surface area contributed by atoms with E-state index in [4.69, 9.17) is 28.5 Å². The highest BCUT2D eigenvalue weighted by molar-refractivity contribution is 6.44. The standard InChI is InChI=1S/C17H12Cl2FN3O/c18-14-2-1-3-15(16(14)19)23-17(24)12(8-21)10-22-9-11-4-6-13(20)7-5-11/h1-7,10,22H,9H2,(H,23,24)/b12-10-. The van der Waals surface area contributed by atoms with Gasteiger partial charge in [-0.05, 0) is 29.8 Å². The van der Waals surface area contributed by atoms with Gasteiger partial charge in [0.2, 0.25) is 0 Å². The first kappa shape index (κ1) is 17.8. The molecule has 0 saturated heterocycles. The van der Waals surface area contributed by atoms with Gasteiger partial charge in [0.15, 0.2) is 0 Å². The second-order valence-electron chi connectivity index (χ2n) is 4.73. The van der Waals surface area contributed by atoms with Gasteiger partial charge in [0.25, 0.3) is 5.91 Å². The van der Waals surface area contributed by atoms with E-state index >= 15 is 0 Å². The summed E-state index contributed by atoms with van der Waals surface area (Å²) in [6, 6.07) is 12.5. The van der Waals surface area contributed by atoms with Crippen molar-refractivity contribution in [3.63, 3.8) is 0 Å². The van der Waals surface area contributed by atoms with Crippen molar-refractivity contribution in [1.29, 1.82) is 5.26 Å². The summed E-state index contributed by atoms with van der Waals surface area (Å²) in [5, 5.41) is 15.0. The lowest BCUT2D eigenvalue weighted by Crippen LogP contribution is -2.17. The minimum atomic E-state index is -0.617. The van der Waals surface area contributed by atoms with Gasteiger partial charge < -0.3 is 10.6 Å². The van der Waals surface area contributed by atoms with Gasteiger partial charge in [-0.15, -0.1) is 0 Å². The summed E-state index contributed by atoms with van der Waals surface area (Å²) in [7, 11) is 0. The maximum atomic E-state index is 12.8. The summed E-state index contributed by atoms with van der Waals surface area (Å²) >= 11 is 11.9. The Kier molecular flexibility index (Phi) is 6.19. The van der Waals surface area contributed by atoms with Crippen LogP contribution in [0.5, 0.6) is 0 Å². The third-order valence-electron chi connectivity index (χ3n) is 3.03. The Morgan fingerprint density at radius 3 is 2.58 bits per heavy atom. The predicted molar refractivity (Wildman–Crippen MR) is 92.0 cm³/mol. The van der Waals surface area contributed by atoms with Crippen LogP contribution in [0.2, 0.25) is 10.0 Å². The lowest BCUT2D eigenvalue weighted by atomic mass is 10.2. The Morgan fingerprint density at radius 2 is 1.92 bits per heavy atom. The first-order valence-electron chi connectivity index (χ1n) is 6.84. The number of carbonyl (C=O) groups excluding carboxylic acids is 1. The van der Waals surface area contributed by atoms with Crippen molar-refractivity contribution in [2.75, 3.05) is 5.32 Å². The fourth-order valence-electron chi connectivity index (χ4n) is 1.81. The number of halogens is 3. The Morgan fingerprint density at radius 1 is 1.21 bits per heavy atom. The second kappa shape index (κ2) is 8.34. The van der Waals surface area contributed by atoms with Crippen molar-refractivity contribution in [2.24, 2.45) is 0 Å². The number of nitrogens with one attached hydrogen (secondary N) is 2. The lowest BCUT2D eigenvalue weighted by molar-refractivity contribution is -0.112. The normalized spacial score (nSPS) is 10.8. The number of anilines is 1. The third kappa shape index (κ3) is 4.72. The van der Waals surface area contributed by atoms with Crippen LogP contribution in [-0.2, 0) is 11.3 Å². The fraction of sp³-hybridized carbons (Fsp3) is 0.0588. The van der Waals surface area contributed by atoms with Gasteiger partial charge >= 0.3 is 0 Å². The van der Waals surface area contributed by atoms with Crippen molar-refractivity contribution in [3.8, 4) is 6.07 Å². The Labute approximate surface area is 148 Å². The smallest absolute Gasteiger partial charge is 0.267 e. The summed E-state index contributed by atoms with van der Waals surface area (Å²) in [5.74, 6) is -0.946. The molecular weight excluding hydrogens is 352 g/mol. The molecule has 0 heterocycles. The second-order valence-corrected chi connectivity index (χ2v) is 5.52. The molecule has 2 N–H and O–H groups in total. The number of carbonyl (C=O) groups is 1. The molecule has 0 aliphatic heterocycles. The first-order chi connectivity index (χ1) is 11.5. The average Bonchev–Trinajstić information content (AvgIpc) is 2.57. The highest BCUT2D eigenvalue weighted by Crippen LogP contribution is 2.29. The van der Waals surface area contributed by atoms with Crippen LogP contribution in [-0.4, -0.2) is 5.91 Å². The molecule has 2 rings (SSSR count). The highest BCUT2D eigenvalue weighted by Gasteiger charge is 2.12. The van der Waals surface area contributed by atoms with Gasteiger partial charge in [-0.1, -0.05) is 41.4 Å². The lowest BCUT2D eigenvalue weighted by Gasteiger charge is -2.08. The zero-order valence-corrected chi connectivity index (χ0v) is 13.8. The summed E-state index contributed by atoms with van der Waals surface area (Å²) in [4.78, 5) is 12.1. The van der Waals surface area contributed by atoms with Crippen LogP contribution in [0.3, 0.4) is 0 Å². The average molecular weight is 364 g/mol. The third-order valence-corrected chi connectivity index (χ3v) is 3.85. The van der Waals surface area contributed by atoms with Crippen molar-refractivity contribution < 1.29 is 9.18 Å². The zero-order valence-electron chi connectivity index (χ0n) is 12.3. The van der Waals surface area contributed by atoms with E-state index in [1.807, 2.05) is 0 Å². The number of benzene rings is 2. The molecule has 0 fully saturated rings. The molecule has 0 radical (unpaired) electrons. The van der Waals surface area contributed by atoms with Crippen LogP contribution in [0.4, 0.5) is 10.1 Å². The minimum absolute atomic E-state index is 0.131. The van der Waals surface area contributed by atoms with Gasteiger partial charge in [0.05, 0.1) is 15.7 Å². The number of amides is 1. The maximum Gasteiger partial charge on any atom is 0.267 e. The van der Waals surface area contributed by atoms with E-state index in [0.29, 0.717) is 17.3 Å². The Balaban J connectivity index is 2.01. The van der Waals surface area contributed by atoms with Crippen molar-refractivity contribution in [3.05, 3.63) is 75.7 Å². The van der Waals surface area contributed by atoms with Crippen molar-refractivity contribution >= 4 is 34.8 Å². The van der Waals surface area contributed by atoms with Crippen LogP contribution in [0.25, 0.3) is 0 Å². The molecule has 0 bridgehead atoms. The van der Waals surface area contributed by atoms with Gasteiger partial charge in [-0.3, -0.25) is 4.79 Å². The Bertz CT molecular complexity index is 814. The number of hydrogen-bond acceptors (Lipinski definition) is 3. The van der Waals surface area contributed by atoms with Crippen molar-refractivity contribution in [2.45, 2.75) is 6.54 Å². The van der Waals surface area contributed by atoms with E-state index < -0.39 is 5.91 Å². The molecule has 7 heteroatoms. The molecule has 4 nitrogen and oxygen atoms in total. The fourth-order valence-corrected chi connectivity index (χ4v) is 2.16. The number of hydrogen-bond donors (Lipinski definition) is 2. The molecule has 2 aromatic carbocycles. The summed E-state index contributed by atoms with van der Waals surface area (Å²) in [5.41, 5.74) is 0.991. The van der Waals surface area contributed by atoms with Crippen LogP contribution < -0.4 is 10.6 Å². The van der Waals surface area contributed by atoms with E-state index in [2.05, 4.69) is 10.6 Å². The SMILES string of the molecule is N#C/C(=C/NCc1ccc(F)cc1)C(=O)Nc1cccc(Cl)c1Cl.